The minimum Gasteiger partial charge on any atom is -0.310 e. The Morgan fingerprint density at radius 3 is 2.19 bits per heavy atom. The van der Waals surface area contributed by atoms with E-state index in [1.165, 1.54) is 0 Å². The van der Waals surface area contributed by atoms with Gasteiger partial charge >= 0.3 is 5.69 Å². The highest BCUT2D eigenvalue weighted by atomic mass is 16.2. The van der Waals surface area contributed by atoms with Crippen LogP contribution in [0.1, 0.15) is 34.1 Å². The number of rotatable bonds is 6. The third kappa shape index (κ3) is 3.72. The van der Waals surface area contributed by atoms with Crippen LogP contribution in [0.3, 0.4) is 0 Å². The molecular formula is C21H20N2O3. The molecular weight excluding hydrogens is 328 g/mol. The molecule has 5 heteroatoms. The van der Waals surface area contributed by atoms with Gasteiger partial charge in [-0.25, -0.2) is 4.79 Å². The molecule has 5 nitrogen and oxygen atoms in total. The standard InChI is InChI=1S/C21H20N2O3/c1-2-17-18(13-15-9-5-3-6-10-15)22-21(26)23(20(17)25)14-19(24)16-11-7-4-8-12-16/h3-12H,2,13-14H2,1H3,(H,22,26). The Labute approximate surface area is 151 Å². The van der Waals surface area contributed by atoms with E-state index in [0.717, 1.165) is 10.1 Å². The van der Waals surface area contributed by atoms with Gasteiger partial charge in [0.2, 0.25) is 0 Å². The van der Waals surface area contributed by atoms with Crippen LogP contribution in [-0.2, 0) is 19.4 Å². The third-order valence-corrected chi connectivity index (χ3v) is 4.35. The lowest BCUT2D eigenvalue weighted by Gasteiger charge is -2.11. The second-order valence-corrected chi connectivity index (χ2v) is 6.08. The first kappa shape index (κ1) is 17.6. The van der Waals surface area contributed by atoms with Gasteiger partial charge in [0.25, 0.3) is 5.56 Å². The Kier molecular flexibility index (Phi) is 5.27. The average molecular weight is 348 g/mol. The molecule has 2 aromatic carbocycles. The monoisotopic (exact) mass is 348 g/mol. The van der Waals surface area contributed by atoms with Crippen LogP contribution in [0.2, 0.25) is 0 Å². The molecule has 0 saturated heterocycles. The molecule has 0 fully saturated rings. The van der Waals surface area contributed by atoms with Crippen molar-refractivity contribution in [2.24, 2.45) is 0 Å². The van der Waals surface area contributed by atoms with E-state index in [-0.39, 0.29) is 12.3 Å². The van der Waals surface area contributed by atoms with Crippen LogP contribution >= 0.6 is 0 Å². The molecule has 3 rings (SSSR count). The van der Waals surface area contributed by atoms with Crippen molar-refractivity contribution in [1.29, 1.82) is 0 Å². The van der Waals surface area contributed by atoms with Crippen molar-refractivity contribution in [3.8, 4) is 0 Å². The first-order chi connectivity index (χ1) is 12.6. The molecule has 1 N–H and O–H groups in total. The molecule has 3 aromatic rings. The number of H-pyrrole nitrogens is 1. The van der Waals surface area contributed by atoms with Gasteiger partial charge in [0.05, 0.1) is 6.54 Å². The smallest absolute Gasteiger partial charge is 0.310 e. The topological polar surface area (TPSA) is 71.9 Å². The first-order valence-electron chi connectivity index (χ1n) is 8.57. The van der Waals surface area contributed by atoms with Crippen LogP contribution in [0, 0.1) is 0 Å². The number of nitrogens with one attached hydrogen (secondary N) is 1. The van der Waals surface area contributed by atoms with Crippen LogP contribution in [0.4, 0.5) is 0 Å². The molecule has 1 aromatic heterocycles. The summed E-state index contributed by atoms with van der Waals surface area (Å²) in [5.74, 6) is -0.268. The highest BCUT2D eigenvalue weighted by Crippen LogP contribution is 2.09. The van der Waals surface area contributed by atoms with Crippen LogP contribution in [0.5, 0.6) is 0 Å². The molecule has 132 valence electrons. The summed E-state index contributed by atoms with van der Waals surface area (Å²) in [5.41, 5.74) is 1.68. The van der Waals surface area contributed by atoms with Gasteiger partial charge in [0.15, 0.2) is 5.78 Å². The summed E-state index contributed by atoms with van der Waals surface area (Å²) in [6.45, 7) is 1.60. The third-order valence-electron chi connectivity index (χ3n) is 4.35. The van der Waals surface area contributed by atoms with Crippen molar-refractivity contribution < 1.29 is 4.79 Å². The van der Waals surface area contributed by atoms with Gasteiger partial charge in [0.1, 0.15) is 0 Å². The van der Waals surface area contributed by atoms with Gasteiger partial charge in [-0.2, -0.15) is 0 Å². The Morgan fingerprint density at radius 1 is 0.962 bits per heavy atom. The van der Waals surface area contributed by atoms with Crippen molar-refractivity contribution in [2.75, 3.05) is 0 Å². The number of Topliss-reactive ketones (excluding diaryl/α,β-unsaturated/α-hetero) is 1. The minimum absolute atomic E-state index is 0.267. The number of aromatic nitrogens is 2. The van der Waals surface area contributed by atoms with E-state index in [9.17, 15) is 14.4 Å². The zero-order valence-corrected chi connectivity index (χ0v) is 14.6. The van der Waals surface area contributed by atoms with E-state index in [4.69, 9.17) is 0 Å². The fourth-order valence-corrected chi connectivity index (χ4v) is 2.97. The van der Waals surface area contributed by atoms with E-state index in [2.05, 4.69) is 4.98 Å². The van der Waals surface area contributed by atoms with Gasteiger partial charge in [-0.15, -0.1) is 0 Å². The highest BCUT2D eigenvalue weighted by Gasteiger charge is 2.16. The van der Waals surface area contributed by atoms with E-state index < -0.39 is 11.2 Å². The normalized spacial score (nSPS) is 10.7. The lowest BCUT2D eigenvalue weighted by atomic mass is 10.0. The quantitative estimate of drug-likeness (QED) is 0.696. The molecule has 0 aliphatic heterocycles. The summed E-state index contributed by atoms with van der Waals surface area (Å²) in [7, 11) is 0. The summed E-state index contributed by atoms with van der Waals surface area (Å²) >= 11 is 0. The van der Waals surface area contributed by atoms with E-state index in [1.54, 1.807) is 24.3 Å². The lowest BCUT2D eigenvalue weighted by molar-refractivity contribution is 0.0969. The summed E-state index contributed by atoms with van der Waals surface area (Å²) in [6, 6.07) is 18.3. The van der Waals surface area contributed by atoms with Crippen molar-refractivity contribution in [3.05, 3.63) is 104 Å². The van der Waals surface area contributed by atoms with Crippen molar-refractivity contribution in [3.63, 3.8) is 0 Å². The number of nitrogens with zero attached hydrogens (tertiary/aromatic N) is 1. The molecule has 0 unspecified atom stereocenters. The maximum Gasteiger partial charge on any atom is 0.328 e. The minimum atomic E-state index is -0.553. The Morgan fingerprint density at radius 2 is 1.58 bits per heavy atom. The van der Waals surface area contributed by atoms with Gasteiger partial charge < -0.3 is 4.98 Å². The SMILES string of the molecule is CCc1c(Cc2ccccc2)[nH]c(=O)n(CC(=O)c2ccccc2)c1=O. The van der Waals surface area contributed by atoms with Crippen LogP contribution < -0.4 is 11.2 Å². The largest absolute Gasteiger partial charge is 0.328 e. The molecule has 0 bridgehead atoms. The molecule has 0 amide bonds. The lowest BCUT2D eigenvalue weighted by Crippen LogP contribution is -2.40. The highest BCUT2D eigenvalue weighted by molar-refractivity contribution is 5.95. The van der Waals surface area contributed by atoms with Crippen molar-refractivity contribution >= 4 is 5.78 Å². The zero-order chi connectivity index (χ0) is 18.5. The summed E-state index contributed by atoms with van der Waals surface area (Å²) < 4.78 is 0.989. The average Bonchev–Trinajstić information content (AvgIpc) is 2.66. The number of benzene rings is 2. The van der Waals surface area contributed by atoms with Gasteiger partial charge in [-0.3, -0.25) is 14.2 Å². The Bertz CT molecular complexity index is 1020. The van der Waals surface area contributed by atoms with Crippen LogP contribution in [-0.4, -0.2) is 15.3 Å². The fourth-order valence-electron chi connectivity index (χ4n) is 2.97. The number of carbonyl (C=O) groups is 1. The van der Waals surface area contributed by atoms with Crippen molar-refractivity contribution in [1.82, 2.24) is 9.55 Å². The second kappa shape index (κ2) is 7.78. The summed E-state index contributed by atoms with van der Waals surface area (Å²) in [5, 5.41) is 0. The molecule has 1 heterocycles. The van der Waals surface area contributed by atoms with Crippen molar-refractivity contribution in [2.45, 2.75) is 26.3 Å². The fraction of sp³-hybridized carbons (Fsp3) is 0.190. The first-order valence-corrected chi connectivity index (χ1v) is 8.57. The molecule has 0 aliphatic rings. The maximum absolute atomic E-state index is 12.8. The molecule has 26 heavy (non-hydrogen) atoms. The molecule has 0 saturated carbocycles. The van der Waals surface area contributed by atoms with E-state index in [0.29, 0.717) is 29.7 Å². The van der Waals surface area contributed by atoms with E-state index in [1.807, 2.05) is 43.3 Å². The van der Waals surface area contributed by atoms with Gasteiger partial charge in [0, 0.05) is 23.2 Å². The number of ketones is 1. The predicted molar refractivity (Wildman–Crippen MR) is 101 cm³/mol. The summed E-state index contributed by atoms with van der Waals surface area (Å²) in [6.07, 6.45) is 0.958. The second-order valence-electron chi connectivity index (χ2n) is 6.08. The van der Waals surface area contributed by atoms with Crippen LogP contribution in [0.25, 0.3) is 0 Å². The predicted octanol–water partition coefficient (Wildman–Crippen LogP) is 2.57. The van der Waals surface area contributed by atoms with Crippen LogP contribution in [0.15, 0.2) is 70.3 Å². The zero-order valence-electron chi connectivity index (χ0n) is 14.6. The van der Waals surface area contributed by atoms with Gasteiger partial charge in [-0.1, -0.05) is 67.6 Å². The number of hydrogen-bond donors (Lipinski definition) is 1. The van der Waals surface area contributed by atoms with Gasteiger partial charge in [-0.05, 0) is 12.0 Å². The number of aromatic amines is 1. The number of carbonyl (C=O) groups excluding carboxylic acids is 1. The number of hydrogen-bond acceptors (Lipinski definition) is 3. The molecule has 0 radical (unpaired) electrons. The Balaban J connectivity index is 1.97. The Hall–Kier alpha value is -3.21. The molecule has 0 atom stereocenters. The van der Waals surface area contributed by atoms with E-state index >= 15 is 0 Å². The molecule has 0 aliphatic carbocycles. The molecule has 0 spiro atoms. The summed E-state index contributed by atoms with van der Waals surface area (Å²) in [4.78, 5) is 40.4. The maximum atomic E-state index is 12.8.